The fourth-order valence-corrected chi connectivity index (χ4v) is 1.61. The lowest BCUT2D eigenvalue weighted by atomic mass is 9.87. The molecule has 1 N–H and O–H groups in total. The van der Waals surface area contributed by atoms with Gasteiger partial charge in [0.15, 0.2) is 11.4 Å². The first kappa shape index (κ1) is 8.99. The molecule has 0 saturated carbocycles. The molecular formula is C10H11NO3. The topological polar surface area (TPSA) is 59.4 Å². The van der Waals surface area contributed by atoms with Gasteiger partial charge in [0.25, 0.3) is 0 Å². The molecule has 0 aromatic carbocycles. The highest BCUT2D eigenvalue weighted by Gasteiger charge is 2.35. The number of nitrogens with zero attached hydrogens (tertiary/aromatic N) is 1. The molecule has 1 aliphatic heterocycles. The first-order valence-electron chi connectivity index (χ1n) is 4.38. The summed E-state index contributed by atoms with van der Waals surface area (Å²) in [7, 11) is 0. The van der Waals surface area contributed by atoms with Crippen molar-refractivity contribution >= 4 is 5.97 Å². The Kier molecular flexibility index (Phi) is 1.74. The van der Waals surface area contributed by atoms with Crippen molar-refractivity contribution in [1.82, 2.24) is 4.98 Å². The molecule has 2 rings (SSSR count). The molecule has 14 heavy (non-hydrogen) atoms. The number of hydrogen-bond acceptors (Lipinski definition) is 3. The number of carbonyl (C=O) groups is 1. The second-order valence-corrected chi connectivity index (χ2v) is 4.01. The summed E-state index contributed by atoms with van der Waals surface area (Å²) >= 11 is 0. The number of hydrogen-bond donors (Lipinski definition) is 1. The van der Waals surface area contributed by atoms with Gasteiger partial charge in [0.1, 0.15) is 0 Å². The van der Waals surface area contributed by atoms with Crippen LogP contribution in [0.5, 0.6) is 5.75 Å². The summed E-state index contributed by atoms with van der Waals surface area (Å²) in [6, 6.07) is 1.81. The third-order valence-electron chi connectivity index (χ3n) is 2.41. The van der Waals surface area contributed by atoms with Gasteiger partial charge in [-0.05, 0) is 6.07 Å². The maximum atomic E-state index is 10.8. The maximum Gasteiger partial charge on any atom is 0.358 e. The third kappa shape index (κ3) is 1.14. The summed E-state index contributed by atoms with van der Waals surface area (Å²) in [5, 5.41) is 8.88. The van der Waals surface area contributed by atoms with Gasteiger partial charge >= 0.3 is 5.97 Å². The lowest BCUT2D eigenvalue weighted by Crippen LogP contribution is -2.18. The van der Waals surface area contributed by atoms with Crippen molar-refractivity contribution in [2.75, 3.05) is 6.61 Å². The molecule has 0 radical (unpaired) electrons. The Morgan fingerprint density at radius 1 is 1.64 bits per heavy atom. The van der Waals surface area contributed by atoms with Crippen LogP contribution >= 0.6 is 0 Å². The summed E-state index contributed by atoms with van der Waals surface area (Å²) in [6.45, 7) is 4.54. The standard InChI is InChI=1S/C10H11NO3/c1-10(2)5-14-8-6(10)3-4-11-7(8)9(12)13/h3-4H,5H2,1-2H3,(H,12,13). The van der Waals surface area contributed by atoms with Gasteiger partial charge in [-0.1, -0.05) is 13.8 Å². The molecule has 0 saturated heterocycles. The second kappa shape index (κ2) is 2.70. The number of aromatic carboxylic acids is 1. The predicted octanol–water partition coefficient (Wildman–Crippen LogP) is 1.45. The van der Waals surface area contributed by atoms with E-state index in [-0.39, 0.29) is 11.1 Å². The van der Waals surface area contributed by atoms with Gasteiger partial charge in [-0.25, -0.2) is 9.78 Å². The molecule has 0 unspecified atom stereocenters. The van der Waals surface area contributed by atoms with E-state index in [0.29, 0.717) is 12.4 Å². The second-order valence-electron chi connectivity index (χ2n) is 4.01. The number of aromatic nitrogens is 1. The van der Waals surface area contributed by atoms with E-state index in [1.165, 1.54) is 6.20 Å². The highest BCUT2D eigenvalue weighted by Crippen LogP contribution is 2.39. The first-order chi connectivity index (χ1) is 6.52. The summed E-state index contributed by atoms with van der Waals surface area (Å²) in [4.78, 5) is 14.6. The molecule has 1 aromatic heterocycles. The van der Waals surface area contributed by atoms with E-state index >= 15 is 0 Å². The fraction of sp³-hybridized carbons (Fsp3) is 0.400. The number of pyridine rings is 1. The average molecular weight is 193 g/mol. The molecule has 1 aliphatic rings. The van der Waals surface area contributed by atoms with Crippen LogP contribution in [0.3, 0.4) is 0 Å². The van der Waals surface area contributed by atoms with Gasteiger partial charge in [0, 0.05) is 17.2 Å². The largest absolute Gasteiger partial charge is 0.490 e. The lowest BCUT2D eigenvalue weighted by Gasteiger charge is -2.14. The van der Waals surface area contributed by atoms with Gasteiger partial charge in [0.2, 0.25) is 0 Å². The van der Waals surface area contributed by atoms with E-state index in [0.717, 1.165) is 5.56 Å². The molecule has 4 nitrogen and oxygen atoms in total. The van der Waals surface area contributed by atoms with Crippen LogP contribution in [0.4, 0.5) is 0 Å². The van der Waals surface area contributed by atoms with Crippen molar-refractivity contribution in [3.63, 3.8) is 0 Å². The van der Waals surface area contributed by atoms with Gasteiger partial charge in [-0.15, -0.1) is 0 Å². The molecule has 0 amide bonds. The number of ether oxygens (including phenoxy) is 1. The zero-order chi connectivity index (χ0) is 10.3. The van der Waals surface area contributed by atoms with Crippen molar-refractivity contribution < 1.29 is 14.6 Å². The van der Waals surface area contributed by atoms with E-state index in [1.54, 1.807) is 0 Å². The number of carboxylic acids is 1. The summed E-state index contributed by atoms with van der Waals surface area (Å²) in [5.41, 5.74) is 0.806. The van der Waals surface area contributed by atoms with Gasteiger partial charge in [-0.2, -0.15) is 0 Å². The Labute approximate surface area is 81.5 Å². The van der Waals surface area contributed by atoms with Crippen LogP contribution in [0.25, 0.3) is 0 Å². The van der Waals surface area contributed by atoms with Crippen molar-refractivity contribution in [1.29, 1.82) is 0 Å². The van der Waals surface area contributed by atoms with Crippen LogP contribution < -0.4 is 4.74 Å². The van der Waals surface area contributed by atoms with Crippen LogP contribution in [0.1, 0.15) is 29.9 Å². The van der Waals surface area contributed by atoms with Crippen LogP contribution in [0.2, 0.25) is 0 Å². The Hall–Kier alpha value is -1.58. The molecule has 4 heteroatoms. The highest BCUT2D eigenvalue weighted by molar-refractivity contribution is 5.89. The molecule has 0 fully saturated rings. The van der Waals surface area contributed by atoms with Gasteiger partial charge in [-0.3, -0.25) is 0 Å². The molecule has 0 spiro atoms. The Morgan fingerprint density at radius 2 is 2.36 bits per heavy atom. The number of carboxylic acid groups (broad SMARTS) is 1. The van der Waals surface area contributed by atoms with Gasteiger partial charge < -0.3 is 9.84 Å². The van der Waals surface area contributed by atoms with Gasteiger partial charge in [0.05, 0.1) is 6.61 Å². The van der Waals surface area contributed by atoms with Crippen LogP contribution in [-0.2, 0) is 5.41 Å². The normalized spacial score (nSPS) is 17.3. The van der Waals surface area contributed by atoms with E-state index < -0.39 is 5.97 Å². The van der Waals surface area contributed by atoms with Crippen molar-refractivity contribution in [2.45, 2.75) is 19.3 Å². The van der Waals surface area contributed by atoms with Crippen molar-refractivity contribution in [2.24, 2.45) is 0 Å². The first-order valence-corrected chi connectivity index (χ1v) is 4.38. The molecule has 1 aromatic rings. The Bertz CT molecular complexity index is 398. The minimum absolute atomic E-state index is 0.00748. The van der Waals surface area contributed by atoms with Crippen LogP contribution in [0, 0.1) is 0 Å². The number of rotatable bonds is 1. The molecular weight excluding hydrogens is 182 g/mol. The van der Waals surface area contributed by atoms with E-state index in [1.807, 2.05) is 19.9 Å². The molecule has 0 aliphatic carbocycles. The van der Waals surface area contributed by atoms with Crippen molar-refractivity contribution in [3.8, 4) is 5.75 Å². The maximum absolute atomic E-state index is 10.8. The van der Waals surface area contributed by atoms with Crippen LogP contribution in [-0.4, -0.2) is 22.7 Å². The smallest absolute Gasteiger partial charge is 0.358 e. The molecule has 74 valence electrons. The molecule has 0 bridgehead atoms. The van der Waals surface area contributed by atoms with E-state index in [2.05, 4.69) is 4.98 Å². The summed E-state index contributed by atoms with van der Waals surface area (Å²) < 4.78 is 5.36. The Morgan fingerprint density at radius 3 is 3.00 bits per heavy atom. The number of fused-ring (bicyclic) bond motifs is 1. The van der Waals surface area contributed by atoms with Crippen molar-refractivity contribution in [3.05, 3.63) is 23.5 Å². The monoisotopic (exact) mass is 193 g/mol. The minimum Gasteiger partial charge on any atom is -0.490 e. The SMILES string of the molecule is CC1(C)COc2c1ccnc2C(=O)O. The fourth-order valence-electron chi connectivity index (χ4n) is 1.61. The Balaban J connectivity index is 2.61. The highest BCUT2D eigenvalue weighted by atomic mass is 16.5. The zero-order valence-electron chi connectivity index (χ0n) is 8.07. The van der Waals surface area contributed by atoms with Crippen LogP contribution in [0.15, 0.2) is 12.3 Å². The zero-order valence-corrected chi connectivity index (χ0v) is 8.07. The molecule has 2 heterocycles. The predicted molar refractivity (Wildman–Crippen MR) is 49.7 cm³/mol. The quantitative estimate of drug-likeness (QED) is 0.733. The average Bonchev–Trinajstić information content (AvgIpc) is 2.42. The van der Waals surface area contributed by atoms with E-state index in [4.69, 9.17) is 9.84 Å². The summed E-state index contributed by atoms with van der Waals surface area (Å²) in [6.07, 6.45) is 1.51. The van der Waals surface area contributed by atoms with E-state index in [9.17, 15) is 4.79 Å². The molecule has 0 atom stereocenters. The minimum atomic E-state index is -1.04. The third-order valence-corrected chi connectivity index (χ3v) is 2.41. The summed E-state index contributed by atoms with van der Waals surface area (Å²) in [5.74, 6) is -0.621. The lowest BCUT2D eigenvalue weighted by molar-refractivity contribution is 0.0686.